The molecule has 1 aliphatic heterocycles. The van der Waals surface area contributed by atoms with Gasteiger partial charge in [-0.05, 0) is 40.9 Å². The van der Waals surface area contributed by atoms with Crippen molar-refractivity contribution in [2.45, 2.75) is 12.5 Å². The van der Waals surface area contributed by atoms with Gasteiger partial charge in [0.1, 0.15) is 5.82 Å². The van der Waals surface area contributed by atoms with Crippen molar-refractivity contribution in [3.8, 4) is 11.3 Å². The Labute approximate surface area is 121 Å². The summed E-state index contributed by atoms with van der Waals surface area (Å²) in [6.07, 6.45) is 4.71. The van der Waals surface area contributed by atoms with Crippen LogP contribution in [0.5, 0.6) is 0 Å². The predicted molar refractivity (Wildman–Crippen MR) is 81.0 cm³/mol. The molecule has 0 aliphatic carbocycles. The topological polar surface area (TPSA) is 42.7 Å². The smallest absolute Gasteiger partial charge is 0.125 e. The van der Waals surface area contributed by atoms with E-state index in [-0.39, 0.29) is 0 Å². The first-order valence-corrected chi connectivity index (χ1v) is 7.62. The zero-order valence-corrected chi connectivity index (χ0v) is 11.7. The van der Waals surface area contributed by atoms with E-state index in [1.165, 1.54) is 5.56 Å². The Morgan fingerprint density at radius 1 is 1.35 bits per heavy atom. The van der Waals surface area contributed by atoms with Crippen LogP contribution < -0.4 is 5.32 Å². The van der Waals surface area contributed by atoms with Crippen molar-refractivity contribution in [2.75, 3.05) is 11.9 Å². The van der Waals surface area contributed by atoms with Crippen molar-refractivity contribution in [3.05, 3.63) is 53.0 Å². The number of anilines is 1. The Balaban J connectivity index is 1.78. The SMILES string of the molecule is c1cncc(-c2cc3n(n2)C(c2ccsc2)CCN3)c1. The summed E-state index contributed by atoms with van der Waals surface area (Å²) in [6.45, 7) is 0.985. The zero-order valence-electron chi connectivity index (χ0n) is 10.9. The summed E-state index contributed by atoms with van der Waals surface area (Å²) in [6, 6.07) is 8.62. The molecule has 1 aliphatic rings. The van der Waals surface area contributed by atoms with Crippen LogP contribution in [0.15, 0.2) is 47.4 Å². The summed E-state index contributed by atoms with van der Waals surface area (Å²) in [5.74, 6) is 1.09. The van der Waals surface area contributed by atoms with E-state index < -0.39 is 0 Å². The van der Waals surface area contributed by atoms with Crippen LogP contribution in [0.3, 0.4) is 0 Å². The standard InChI is InChI=1S/C15H14N4S/c1-2-11(9-16-5-1)13-8-15-17-6-3-14(19(15)18-13)12-4-7-20-10-12/h1-2,4-5,7-10,14,17H,3,6H2. The van der Waals surface area contributed by atoms with Crippen LogP contribution in [0.4, 0.5) is 5.82 Å². The molecule has 0 bridgehead atoms. The van der Waals surface area contributed by atoms with E-state index in [0.29, 0.717) is 6.04 Å². The molecule has 0 spiro atoms. The second kappa shape index (κ2) is 4.76. The lowest BCUT2D eigenvalue weighted by Gasteiger charge is -2.25. The van der Waals surface area contributed by atoms with E-state index in [4.69, 9.17) is 5.10 Å². The summed E-state index contributed by atoms with van der Waals surface area (Å²) in [7, 11) is 0. The molecule has 20 heavy (non-hydrogen) atoms. The number of rotatable bonds is 2. The highest BCUT2D eigenvalue weighted by Crippen LogP contribution is 2.33. The minimum atomic E-state index is 0.336. The molecule has 1 N–H and O–H groups in total. The fraction of sp³-hybridized carbons (Fsp3) is 0.200. The molecule has 0 amide bonds. The molecule has 4 rings (SSSR count). The number of fused-ring (bicyclic) bond motifs is 1. The van der Waals surface area contributed by atoms with Gasteiger partial charge in [-0.3, -0.25) is 4.98 Å². The third-order valence-corrected chi connectivity index (χ3v) is 4.34. The molecule has 0 saturated heterocycles. The number of hydrogen-bond donors (Lipinski definition) is 1. The van der Waals surface area contributed by atoms with Gasteiger partial charge in [-0.2, -0.15) is 16.4 Å². The molecular formula is C15H14N4S. The van der Waals surface area contributed by atoms with Crippen LogP contribution in [0.1, 0.15) is 18.0 Å². The molecule has 3 aromatic rings. The third-order valence-electron chi connectivity index (χ3n) is 3.64. The minimum Gasteiger partial charge on any atom is -0.370 e. The van der Waals surface area contributed by atoms with Gasteiger partial charge in [-0.1, -0.05) is 0 Å². The summed E-state index contributed by atoms with van der Waals surface area (Å²) in [5, 5.41) is 12.5. The lowest BCUT2D eigenvalue weighted by Crippen LogP contribution is -2.23. The van der Waals surface area contributed by atoms with Crippen LogP contribution in [0.25, 0.3) is 11.3 Å². The molecular weight excluding hydrogens is 268 g/mol. The Morgan fingerprint density at radius 3 is 3.15 bits per heavy atom. The van der Waals surface area contributed by atoms with Gasteiger partial charge in [0.2, 0.25) is 0 Å². The van der Waals surface area contributed by atoms with E-state index >= 15 is 0 Å². The minimum absolute atomic E-state index is 0.336. The highest BCUT2D eigenvalue weighted by atomic mass is 32.1. The summed E-state index contributed by atoms with van der Waals surface area (Å²) < 4.78 is 2.11. The maximum absolute atomic E-state index is 4.78. The van der Waals surface area contributed by atoms with Crippen molar-refractivity contribution in [3.63, 3.8) is 0 Å². The van der Waals surface area contributed by atoms with Crippen molar-refractivity contribution < 1.29 is 0 Å². The molecule has 0 fully saturated rings. The molecule has 3 aromatic heterocycles. The Kier molecular flexibility index (Phi) is 2.77. The van der Waals surface area contributed by atoms with Gasteiger partial charge in [-0.25, -0.2) is 4.68 Å². The summed E-state index contributed by atoms with van der Waals surface area (Å²) in [5.41, 5.74) is 3.38. The predicted octanol–water partition coefficient (Wildman–Crippen LogP) is 3.41. The second-order valence-electron chi connectivity index (χ2n) is 4.89. The van der Waals surface area contributed by atoms with Crippen LogP contribution in [-0.2, 0) is 0 Å². The zero-order chi connectivity index (χ0) is 13.4. The maximum Gasteiger partial charge on any atom is 0.125 e. The van der Waals surface area contributed by atoms with Gasteiger partial charge in [0.05, 0.1) is 11.7 Å². The van der Waals surface area contributed by atoms with Crippen molar-refractivity contribution in [1.82, 2.24) is 14.8 Å². The quantitative estimate of drug-likeness (QED) is 0.783. The first-order chi connectivity index (χ1) is 9.92. The van der Waals surface area contributed by atoms with Crippen LogP contribution >= 0.6 is 11.3 Å². The fourth-order valence-electron chi connectivity index (χ4n) is 2.65. The van der Waals surface area contributed by atoms with Crippen LogP contribution in [0.2, 0.25) is 0 Å². The lowest BCUT2D eigenvalue weighted by molar-refractivity contribution is 0.484. The van der Waals surface area contributed by atoms with E-state index in [2.05, 4.69) is 37.9 Å². The second-order valence-corrected chi connectivity index (χ2v) is 5.67. The van der Waals surface area contributed by atoms with Crippen molar-refractivity contribution in [1.29, 1.82) is 0 Å². The van der Waals surface area contributed by atoms with Crippen molar-refractivity contribution in [2.24, 2.45) is 0 Å². The van der Waals surface area contributed by atoms with Crippen LogP contribution in [0, 0.1) is 0 Å². The van der Waals surface area contributed by atoms with Gasteiger partial charge in [-0.15, -0.1) is 0 Å². The fourth-order valence-corrected chi connectivity index (χ4v) is 3.36. The Hall–Kier alpha value is -2.14. The lowest BCUT2D eigenvalue weighted by atomic mass is 10.1. The first-order valence-electron chi connectivity index (χ1n) is 6.68. The summed E-state index contributed by atoms with van der Waals surface area (Å²) in [4.78, 5) is 4.17. The molecule has 4 nitrogen and oxygen atoms in total. The highest BCUT2D eigenvalue weighted by molar-refractivity contribution is 7.07. The number of aromatic nitrogens is 3. The van der Waals surface area contributed by atoms with Gasteiger partial charge < -0.3 is 5.32 Å². The molecule has 1 unspecified atom stereocenters. The van der Waals surface area contributed by atoms with Crippen LogP contribution in [-0.4, -0.2) is 21.3 Å². The average Bonchev–Trinajstić information content (AvgIpc) is 3.17. The van der Waals surface area contributed by atoms with Gasteiger partial charge in [0, 0.05) is 30.6 Å². The number of thiophene rings is 1. The molecule has 0 aromatic carbocycles. The molecule has 100 valence electrons. The number of pyridine rings is 1. The van der Waals surface area contributed by atoms with E-state index in [1.54, 1.807) is 17.5 Å². The van der Waals surface area contributed by atoms with E-state index in [9.17, 15) is 0 Å². The van der Waals surface area contributed by atoms with Crippen molar-refractivity contribution >= 4 is 17.2 Å². The third kappa shape index (κ3) is 1.91. The normalized spacial score (nSPS) is 17.5. The van der Waals surface area contributed by atoms with Gasteiger partial charge >= 0.3 is 0 Å². The Morgan fingerprint density at radius 2 is 2.35 bits per heavy atom. The van der Waals surface area contributed by atoms with Gasteiger partial charge in [0.15, 0.2) is 0 Å². The Bertz CT molecular complexity index is 703. The molecule has 5 heteroatoms. The average molecular weight is 282 g/mol. The monoisotopic (exact) mass is 282 g/mol. The largest absolute Gasteiger partial charge is 0.370 e. The van der Waals surface area contributed by atoms with E-state index in [1.807, 2.05) is 18.3 Å². The van der Waals surface area contributed by atoms with E-state index in [0.717, 1.165) is 30.0 Å². The maximum atomic E-state index is 4.78. The summed E-state index contributed by atoms with van der Waals surface area (Å²) >= 11 is 1.74. The molecule has 0 saturated carbocycles. The number of nitrogens with zero attached hydrogens (tertiary/aromatic N) is 3. The highest BCUT2D eigenvalue weighted by Gasteiger charge is 2.23. The molecule has 4 heterocycles. The molecule has 1 atom stereocenters. The van der Waals surface area contributed by atoms with Gasteiger partial charge in [0.25, 0.3) is 0 Å². The number of nitrogens with one attached hydrogen (secondary N) is 1. The number of hydrogen-bond acceptors (Lipinski definition) is 4. The molecule has 0 radical (unpaired) electrons. The first kappa shape index (κ1) is 11.7.